The maximum Gasteiger partial charge on any atom is 0.255 e. The number of anilines is 1. The lowest BCUT2D eigenvalue weighted by Gasteiger charge is -2.31. The summed E-state index contributed by atoms with van der Waals surface area (Å²) in [7, 11) is -3.58. The zero-order valence-electron chi connectivity index (χ0n) is 18.9. The molecule has 2 heterocycles. The number of halogens is 1. The summed E-state index contributed by atoms with van der Waals surface area (Å²) in [6, 6.07) is 20.6. The maximum atomic E-state index is 13.8. The molecule has 1 fully saturated rings. The number of hydrogen-bond donors (Lipinski definition) is 1. The first kappa shape index (κ1) is 23.7. The zero-order valence-corrected chi connectivity index (χ0v) is 21.3. The predicted octanol–water partition coefficient (Wildman–Crippen LogP) is 4.42. The van der Waals surface area contributed by atoms with Crippen molar-refractivity contribution < 1.29 is 18.0 Å². The van der Waals surface area contributed by atoms with Crippen LogP contribution < -0.4 is 5.32 Å². The highest BCUT2D eigenvalue weighted by molar-refractivity contribution is 9.10. The van der Waals surface area contributed by atoms with Crippen molar-refractivity contribution in [2.24, 2.45) is 0 Å². The van der Waals surface area contributed by atoms with Gasteiger partial charge >= 0.3 is 0 Å². The van der Waals surface area contributed by atoms with Gasteiger partial charge in [0.1, 0.15) is 6.54 Å². The van der Waals surface area contributed by atoms with E-state index >= 15 is 0 Å². The summed E-state index contributed by atoms with van der Waals surface area (Å²) in [6.07, 6.45) is 1.70. The number of fused-ring (bicyclic) bond motifs is 1. The number of nitrogens with zero attached hydrogens (tertiary/aromatic N) is 2. The number of rotatable bonds is 4. The minimum Gasteiger partial charge on any atom is -0.324 e. The highest BCUT2D eigenvalue weighted by Gasteiger charge is 2.34. The molecule has 9 heteroatoms. The van der Waals surface area contributed by atoms with Gasteiger partial charge in [0.2, 0.25) is 15.9 Å². The molecule has 0 saturated carbocycles. The van der Waals surface area contributed by atoms with Crippen LogP contribution in [0.15, 0.2) is 82.2 Å². The molecule has 0 bridgehead atoms. The lowest BCUT2D eigenvalue weighted by molar-refractivity contribution is -0.117. The third-order valence-corrected chi connectivity index (χ3v) is 8.79. The molecule has 0 aliphatic carbocycles. The molecule has 2 amide bonds. The van der Waals surface area contributed by atoms with Crippen LogP contribution in [-0.4, -0.2) is 49.1 Å². The number of hydrogen-bond acceptors (Lipinski definition) is 4. The van der Waals surface area contributed by atoms with Gasteiger partial charge in [0.25, 0.3) is 5.91 Å². The van der Waals surface area contributed by atoms with Crippen molar-refractivity contribution in [3.05, 3.63) is 94.0 Å². The van der Waals surface area contributed by atoms with Crippen LogP contribution in [0.25, 0.3) is 0 Å². The van der Waals surface area contributed by atoms with Gasteiger partial charge < -0.3 is 10.2 Å². The number of sulfonamides is 1. The Hall–Kier alpha value is -3.01. The number of carbonyl (C=O) groups excluding carboxylic acids is 2. The fourth-order valence-corrected chi connectivity index (χ4v) is 6.57. The Morgan fingerprint density at radius 3 is 2.31 bits per heavy atom. The predicted molar refractivity (Wildman–Crippen MR) is 137 cm³/mol. The van der Waals surface area contributed by atoms with Crippen molar-refractivity contribution in [2.75, 3.05) is 25.0 Å². The molecule has 2 aliphatic heterocycles. The van der Waals surface area contributed by atoms with Crippen molar-refractivity contribution in [2.45, 2.75) is 23.8 Å². The lowest BCUT2D eigenvalue weighted by atomic mass is 9.95. The Kier molecular flexibility index (Phi) is 6.48. The van der Waals surface area contributed by atoms with E-state index in [2.05, 4.69) is 21.2 Å². The molecule has 1 N–H and O–H groups in total. The van der Waals surface area contributed by atoms with Gasteiger partial charge in [-0.25, -0.2) is 8.42 Å². The van der Waals surface area contributed by atoms with Crippen molar-refractivity contribution in [3.63, 3.8) is 0 Å². The minimum atomic E-state index is -3.58. The summed E-state index contributed by atoms with van der Waals surface area (Å²) in [5.74, 6) is -0.652. The molecular formula is C26H24BrN3O4S. The van der Waals surface area contributed by atoms with Crippen LogP contribution in [0.3, 0.4) is 0 Å². The monoisotopic (exact) mass is 553 g/mol. The topological polar surface area (TPSA) is 86.8 Å². The number of carbonyl (C=O) groups is 2. The molecule has 0 radical (unpaired) electrons. The van der Waals surface area contributed by atoms with Gasteiger partial charge in [0.05, 0.1) is 10.9 Å². The van der Waals surface area contributed by atoms with Gasteiger partial charge in [-0.3, -0.25) is 9.59 Å². The fourth-order valence-electron chi connectivity index (χ4n) is 4.67. The summed E-state index contributed by atoms with van der Waals surface area (Å²) in [4.78, 5) is 28.3. The van der Waals surface area contributed by atoms with Gasteiger partial charge in [0, 0.05) is 34.4 Å². The van der Waals surface area contributed by atoms with Gasteiger partial charge in [-0.2, -0.15) is 4.31 Å². The number of nitrogens with one attached hydrogen (secondary N) is 1. The summed E-state index contributed by atoms with van der Waals surface area (Å²) in [5.41, 5.74) is 2.62. The van der Waals surface area contributed by atoms with E-state index in [1.807, 2.05) is 48.5 Å². The van der Waals surface area contributed by atoms with Crippen LogP contribution in [0.2, 0.25) is 0 Å². The van der Waals surface area contributed by atoms with Crippen LogP contribution >= 0.6 is 15.9 Å². The molecule has 1 saturated heterocycles. The van der Waals surface area contributed by atoms with Crippen molar-refractivity contribution in [1.29, 1.82) is 0 Å². The quantitative estimate of drug-likeness (QED) is 0.518. The normalized spacial score (nSPS) is 18.6. The molecule has 5 rings (SSSR count). The maximum absolute atomic E-state index is 13.8. The van der Waals surface area contributed by atoms with Crippen LogP contribution in [0.5, 0.6) is 0 Å². The first-order chi connectivity index (χ1) is 16.8. The van der Waals surface area contributed by atoms with E-state index in [-0.39, 0.29) is 23.3 Å². The van der Waals surface area contributed by atoms with Gasteiger partial charge in [0.15, 0.2) is 0 Å². The lowest BCUT2D eigenvalue weighted by Crippen LogP contribution is -2.39. The van der Waals surface area contributed by atoms with Crippen molar-refractivity contribution in [3.8, 4) is 0 Å². The summed E-state index contributed by atoms with van der Waals surface area (Å²) in [6.45, 7) is 0.887. The second-order valence-electron chi connectivity index (χ2n) is 8.66. The van der Waals surface area contributed by atoms with E-state index in [0.29, 0.717) is 24.3 Å². The Morgan fingerprint density at radius 2 is 1.63 bits per heavy atom. The molecule has 3 aromatic carbocycles. The second kappa shape index (κ2) is 9.56. The van der Waals surface area contributed by atoms with E-state index in [9.17, 15) is 18.0 Å². The molecule has 35 heavy (non-hydrogen) atoms. The smallest absolute Gasteiger partial charge is 0.255 e. The van der Waals surface area contributed by atoms with Crippen LogP contribution in [-0.2, 0) is 14.8 Å². The summed E-state index contributed by atoms with van der Waals surface area (Å²) < 4.78 is 28.1. The molecule has 3 aromatic rings. The van der Waals surface area contributed by atoms with E-state index in [0.717, 1.165) is 28.4 Å². The molecule has 0 unspecified atom stereocenters. The first-order valence-electron chi connectivity index (χ1n) is 11.4. The molecule has 180 valence electrons. The largest absolute Gasteiger partial charge is 0.324 e. The summed E-state index contributed by atoms with van der Waals surface area (Å²) in [5, 5.41) is 2.91. The molecule has 0 aromatic heterocycles. The molecule has 1 atom stereocenters. The Morgan fingerprint density at radius 1 is 0.943 bits per heavy atom. The molecule has 0 spiro atoms. The molecule has 7 nitrogen and oxygen atoms in total. The zero-order chi connectivity index (χ0) is 24.6. The average molecular weight is 554 g/mol. The SMILES string of the molecule is O=C1CN(C(=O)c2ccc(S(=O)(=O)N3CCCC3)cc2)[C@@H](c2ccccc2)c2cc(Br)ccc2N1. The van der Waals surface area contributed by atoms with Crippen molar-refractivity contribution in [1.82, 2.24) is 9.21 Å². The Balaban J connectivity index is 1.54. The van der Waals surface area contributed by atoms with Crippen LogP contribution in [0.4, 0.5) is 5.69 Å². The summed E-state index contributed by atoms with van der Waals surface area (Å²) >= 11 is 3.51. The molecular weight excluding hydrogens is 530 g/mol. The third-order valence-electron chi connectivity index (χ3n) is 6.39. The highest BCUT2D eigenvalue weighted by Crippen LogP contribution is 2.38. The van der Waals surface area contributed by atoms with Gasteiger partial charge in [-0.05, 0) is 60.9 Å². The molecule has 2 aliphatic rings. The number of amides is 2. The van der Waals surface area contributed by atoms with E-state index in [4.69, 9.17) is 0 Å². The van der Waals surface area contributed by atoms with Crippen LogP contribution in [0.1, 0.15) is 40.4 Å². The van der Waals surface area contributed by atoms with E-state index in [1.165, 1.54) is 33.5 Å². The second-order valence-corrected chi connectivity index (χ2v) is 11.5. The van der Waals surface area contributed by atoms with E-state index < -0.39 is 16.1 Å². The standard InChI is InChI=1S/C26H24BrN3O4S/c27-20-10-13-23-22(16-20)25(18-6-2-1-3-7-18)30(17-24(31)28-23)26(32)19-8-11-21(12-9-19)35(33,34)29-14-4-5-15-29/h1-3,6-13,16,25H,4-5,14-15,17H2,(H,28,31)/t25-/m0/s1. The first-order valence-corrected chi connectivity index (χ1v) is 13.6. The van der Waals surface area contributed by atoms with Crippen molar-refractivity contribution >= 4 is 43.5 Å². The average Bonchev–Trinajstić information content (AvgIpc) is 3.37. The van der Waals surface area contributed by atoms with Gasteiger partial charge in [-0.15, -0.1) is 0 Å². The minimum absolute atomic E-state index is 0.140. The van der Waals surface area contributed by atoms with Gasteiger partial charge in [-0.1, -0.05) is 46.3 Å². The van der Waals surface area contributed by atoms with E-state index in [1.54, 1.807) is 0 Å². The number of benzene rings is 3. The Bertz CT molecular complexity index is 1370. The Labute approximate surface area is 212 Å². The van der Waals surface area contributed by atoms with Crippen LogP contribution in [0, 0.1) is 0 Å². The highest BCUT2D eigenvalue weighted by atomic mass is 79.9. The third kappa shape index (κ3) is 4.63. The fraction of sp³-hybridized carbons (Fsp3) is 0.231.